The van der Waals surface area contributed by atoms with E-state index >= 15 is 0 Å². The monoisotopic (exact) mass is 304 g/mol. The molecule has 2 fully saturated rings. The van der Waals surface area contributed by atoms with E-state index in [0.717, 1.165) is 36.4 Å². The Labute approximate surface area is 131 Å². The van der Waals surface area contributed by atoms with Crippen molar-refractivity contribution in [2.45, 2.75) is 51.6 Å². The van der Waals surface area contributed by atoms with E-state index in [1.54, 1.807) is 7.11 Å². The highest BCUT2D eigenvalue weighted by Gasteiger charge is 2.38. The van der Waals surface area contributed by atoms with E-state index in [2.05, 4.69) is 9.97 Å². The summed E-state index contributed by atoms with van der Waals surface area (Å²) in [6.07, 6.45) is 10.3. The van der Waals surface area contributed by atoms with Crippen LogP contribution in [0, 0.1) is 17.8 Å². The van der Waals surface area contributed by atoms with Crippen LogP contribution in [0.3, 0.4) is 0 Å². The third-order valence-corrected chi connectivity index (χ3v) is 5.29. The highest BCUT2D eigenvalue weighted by molar-refractivity contribution is 5.88. The second kappa shape index (κ2) is 6.73. The first-order valence-electron chi connectivity index (χ1n) is 8.24. The van der Waals surface area contributed by atoms with Crippen molar-refractivity contribution in [2.24, 2.45) is 17.8 Å². The Hall–Kier alpha value is -1.49. The van der Waals surface area contributed by atoms with Crippen molar-refractivity contribution in [1.82, 2.24) is 9.97 Å². The summed E-state index contributed by atoms with van der Waals surface area (Å²) in [5.74, 6) is 2.59. The maximum absolute atomic E-state index is 11.1. The fraction of sp³-hybridized carbons (Fsp3) is 0.706. The minimum absolute atomic E-state index is 0.138. The van der Waals surface area contributed by atoms with Crippen LogP contribution >= 0.6 is 0 Å². The summed E-state index contributed by atoms with van der Waals surface area (Å²) in [5.41, 5.74) is 0.610. The average molecular weight is 304 g/mol. The Bertz CT molecular complexity index is 547. The predicted octanol–water partition coefficient (Wildman–Crippen LogP) is 3.08. The second-order valence-corrected chi connectivity index (χ2v) is 6.71. The molecular formula is C17H24N2O3. The van der Waals surface area contributed by atoms with E-state index in [-0.39, 0.29) is 12.2 Å². The molecule has 0 aliphatic heterocycles. The Morgan fingerprint density at radius 3 is 2.91 bits per heavy atom. The van der Waals surface area contributed by atoms with E-state index in [9.17, 15) is 4.79 Å². The van der Waals surface area contributed by atoms with Gasteiger partial charge >= 0.3 is 5.97 Å². The molecule has 2 aliphatic rings. The summed E-state index contributed by atoms with van der Waals surface area (Å²) in [6.45, 7) is 0.212. The van der Waals surface area contributed by atoms with Crippen LogP contribution in [0.5, 0.6) is 0 Å². The van der Waals surface area contributed by atoms with Gasteiger partial charge in [-0.1, -0.05) is 6.42 Å². The lowest BCUT2D eigenvalue weighted by Crippen LogP contribution is -2.12. The SMILES string of the molecule is COCc1nc(CCCC2C[C@H]3CC[C@@H]2C3)ncc1C(=O)O. The van der Waals surface area contributed by atoms with Gasteiger partial charge in [0, 0.05) is 19.7 Å². The number of methoxy groups -OCH3 is 1. The zero-order chi connectivity index (χ0) is 15.5. The largest absolute Gasteiger partial charge is 0.478 e. The molecule has 1 heterocycles. The molecule has 0 amide bonds. The molecule has 0 spiro atoms. The molecule has 1 aromatic heterocycles. The first-order valence-corrected chi connectivity index (χ1v) is 8.24. The smallest absolute Gasteiger partial charge is 0.339 e. The first-order chi connectivity index (χ1) is 10.7. The number of fused-ring (bicyclic) bond motifs is 2. The fourth-order valence-corrected chi connectivity index (χ4v) is 4.26. The van der Waals surface area contributed by atoms with E-state index < -0.39 is 5.97 Å². The molecule has 2 aliphatic carbocycles. The maximum Gasteiger partial charge on any atom is 0.339 e. The number of aromatic nitrogens is 2. The number of carbonyl (C=O) groups is 1. The van der Waals surface area contributed by atoms with E-state index in [4.69, 9.17) is 9.84 Å². The van der Waals surface area contributed by atoms with Crippen molar-refractivity contribution < 1.29 is 14.6 Å². The third kappa shape index (κ3) is 3.29. The molecule has 1 N–H and O–H groups in total. The third-order valence-electron chi connectivity index (χ3n) is 5.29. The second-order valence-electron chi connectivity index (χ2n) is 6.71. The predicted molar refractivity (Wildman–Crippen MR) is 81.6 cm³/mol. The number of aryl methyl sites for hydroxylation is 1. The van der Waals surface area contributed by atoms with Crippen molar-refractivity contribution >= 4 is 5.97 Å². The van der Waals surface area contributed by atoms with Gasteiger partial charge in [0.05, 0.1) is 12.3 Å². The molecule has 5 heteroatoms. The number of nitrogens with zero attached hydrogens (tertiary/aromatic N) is 2. The molecule has 3 rings (SSSR count). The average Bonchev–Trinajstić information content (AvgIpc) is 3.10. The Morgan fingerprint density at radius 1 is 1.41 bits per heavy atom. The van der Waals surface area contributed by atoms with Crippen LogP contribution in [-0.4, -0.2) is 28.2 Å². The van der Waals surface area contributed by atoms with Crippen LogP contribution in [0.4, 0.5) is 0 Å². The molecule has 2 saturated carbocycles. The minimum atomic E-state index is -0.999. The normalized spacial score (nSPS) is 26.5. The molecule has 0 saturated heterocycles. The van der Waals surface area contributed by atoms with E-state index in [0.29, 0.717) is 5.69 Å². The minimum Gasteiger partial charge on any atom is -0.478 e. The zero-order valence-corrected chi connectivity index (χ0v) is 13.1. The van der Waals surface area contributed by atoms with Gasteiger partial charge < -0.3 is 9.84 Å². The molecule has 3 atom stereocenters. The van der Waals surface area contributed by atoms with E-state index in [1.165, 1.54) is 38.3 Å². The van der Waals surface area contributed by atoms with Crippen molar-refractivity contribution in [3.63, 3.8) is 0 Å². The molecule has 1 unspecified atom stereocenters. The maximum atomic E-state index is 11.1. The van der Waals surface area contributed by atoms with Crippen LogP contribution in [0.2, 0.25) is 0 Å². The zero-order valence-electron chi connectivity index (χ0n) is 13.1. The molecule has 1 aromatic rings. The van der Waals surface area contributed by atoms with Gasteiger partial charge in [0.15, 0.2) is 0 Å². The summed E-state index contributed by atoms with van der Waals surface area (Å²) in [6, 6.07) is 0. The van der Waals surface area contributed by atoms with Crippen molar-refractivity contribution in [3.05, 3.63) is 23.3 Å². The molecular weight excluding hydrogens is 280 g/mol. The Morgan fingerprint density at radius 2 is 2.27 bits per heavy atom. The highest BCUT2D eigenvalue weighted by atomic mass is 16.5. The van der Waals surface area contributed by atoms with Gasteiger partial charge in [0.25, 0.3) is 0 Å². The van der Waals surface area contributed by atoms with E-state index in [1.807, 2.05) is 0 Å². The number of hydrogen-bond acceptors (Lipinski definition) is 4. The number of carboxylic acid groups (broad SMARTS) is 1. The number of hydrogen-bond donors (Lipinski definition) is 1. The molecule has 5 nitrogen and oxygen atoms in total. The van der Waals surface area contributed by atoms with Crippen LogP contribution in [-0.2, 0) is 17.8 Å². The summed E-state index contributed by atoms with van der Waals surface area (Å²) in [5, 5.41) is 9.13. The fourth-order valence-electron chi connectivity index (χ4n) is 4.26. The molecule has 2 bridgehead atoms. The molecule has 22 heavy (non-hydrogen) atoms. The number of ether oxygens (including phenoxy) is 1. The van der Waals surface area contributed by atoms with Gasteiger partial charge in [-0.2, -0.15) is 0 Å². The number of carboxylic acids is 1. The summed E-state index contributed by atoms with van der Waals surface area (Å²) in [7, 11) is 1.54. The van der Waals surface area contributed by atoms with Crippen molar-refractivity contribution in [2.75, 3.05) is 7.11 Å². The molecule has 0 radical (unpaired) electrons. The topological polar surface area (TPSA) is 72.3 Å². The first kappa shape index (κ1) is 15.4. The van der Waals surface area contributed by atoms with Crippen LogP contribution in [0.15, 0.2) is 6.20 Å². The molecule has 0 aromatic carbocycles. The van der Waals surface area contributed by atoms with Crippen LogP contribution in [0.25, 0.3) is 0 Å². The van der Waals surface area contributed by atoms with Gasteiger partial charge in [0.2, 0.25) is 0 Å². The summed E-state index contributed by atoms with van der Waals surface area (Å²) in [4.78, 5) is 19.7. The van der Waals surface area contributed by atoms with Gasteiger partial charge in [0.1, 0.15) is 11.4 Å². The van der Waals surface area contributed by atoms with Gasteiger partial charge in [-0.3, -0.25) is 0 Å². The van der Waals surface area contributed by atoms with Crippen molar-refractivity contribution in [1.29, 1.82) is 0 Å². The number of aromatic carboxylic acids is 1. The lowest BCUT2D eigenvalue weighted by Gasteiger charge is -2.21. The molecule has 120 valence electrons. The Kier molecular flexibility index (Phi) is 4.71. The van der Waals surface area contributed by atoms with Gasteiger partial charge in [-0.05, 0) is 49.9 Å². The van der Waals surface area contributed by atoms with Crippen LogP contribution < -0.4 is 0 Å². The number of rotatable bonds is 7. The quantitative estimate of drug-likeness (QED) is 0.838. The highest BCUT2D eigenvalue weighted by Crippen LogP contribution is 2.49. The standard InChI is InChI=1S/C17H24N2O3/c1-22-10-15-14(17(20)21)9-18-16(19-15)4-2-3-12-7-11-5-6-13(12)8-11/h9,11-13H,2-8,10H2,1H3,(H,20,21)/t11-,12?,13-/m1/s1. The lowest BCUT2D eigenvalue weighted by molar-refractivity contribution is 0.0690. The van der Waals surface area contributed by atoms with Gasteiger partial charge in [-0.25, -0.2) is 14.8 Å². The lowest BCUT2D eigenvalue weighted by atomic mass is 9.85. The van der Waals surface area contributed by atoms with Crippen molar-refractivity contribution in [3.8, 4) is 0 Å². The summed E-state index contributed by atoms with van der Waals surface area (Å²) < 4.78 is 5.04. The Balaban J connectivity index is 1.56. The summed E-state index contributed by atoms with van der Waals surface area (Å²) >= 11 is 0. The van der Waals surface area contributed by atoms with Crippen LogP contribution in [0.1, 0.15) is 60.4 Å². The van der Waals surface area contributed by atoms with Gasteiger partial charge in [-0.15, -0.1) is 0 Å².